The number of aryl methyl sites for hydroxylation is 1. The zero-order valence-electron chi connectivity index (χ0n) is 14.6. The molecule has 24 heavy (non-hydrogen) atoms. The van der Waals surface area contributed by atoms with Crippen molar-refractivity contribution in [2.24, 2.45) is 5.41 Å². The van der Waals surface area contributed by atoms with Crippen LogP contribution in [0.5, 0.6) is 0 Å². The van der Waals surface area contributed by atoms with E-state index in [1.165, 1.54) is 0 Å². The number of rotatable bonds is 8. The molecule has 5 heteroatoms. The molecule has 0 fully saturated rings. The molecule has 0 saturated heterocycles. The second-order valence-electron chi connectivity index (χ2n) is 6.21. The van der Waals surface area contributed by atoms with Crippen molar-refractivity contribution in [3.63, 3.8) is 0 Å². The van der Waals surface area contributed by atoms with E-state index in [0.717, 1.165) is 18.4 Å². The van der Waals surface area contributed by atoms with E-state index in [-0.39, 0.29) is 24.3 Å². The van der Waals surface area contributed by atoms with Crippen LogP contribution in [0.4, 0.5) is 0 Å². The fourth-order valence-electron chi connectivity index (χ4n) is 2.58. The van der Waals surface area contributed by atoms with E-state index in [9.17, 15) is 9.90 Å². The number of aromatic nitrogens is 1. The quantitative estimate of drug-likeness (QED) is 0.780. The number of carbonyl (C=O) groups excluding carboxylic acids is 1. The monoisotopic (exact) mass is 330 g/mol. The molecule has 2 aromatic rings. The highest BCUT2D eigenvalue weighted by Crippen LogP contribution is 2.25. The van der Waals surface area contributed by atoms with Gasteiger partial charge in [0.2, 0.25) is 11.8 Å². The van der Waals surface area contributed by atoms with E-state index in [0.29, 0.717) is 23.9 Å². The number of aliphatic hydroxyl groups excluding tert-OH is 1. The molecule has 0 aliphatic carbocycles. The summed E-state index contributed by atoms with van der Waals surface area (Å²) in [5.74, 6) is 1.08. The maximum atomic E-state index is 12.2. The topological polar surface area (TPSA) is 75.4 Å². The molecule has 1 heterocycles. The van der Waals surface area contributed by atoms with Crippen LogP contribution in [0, 0.1) is 12.3 Å². The largest absolute Gasteiger partial charge is 0.441 e. The van der Waals surface area contributed by atoms with Gasteiger partial charge in [0.05, 0.1) is 18.7 Å². The van der Waals surface area contributed by atoms with E-state index >= 15 is 0 Å². The van der Waals surface area contributed by atoms with Crippen molar-refractivity contribution in [2.75, 3.05) is 13.2 Å². The van der Waals surface area contributed by atoms with Crippen molar-refractivity contribution in [2.45, 2.75) is 40.0 Å². The molecule has 0 radical (unpaired) electrons. The third kappa shape index (κ3) is 4.23. The summed E-state index contributed by atoms with van der Waals surface area (Å²) in [7, 11) is 0. The summed E-state index contributed by atoms with van der Waals surface area (Å²) >= 11 is 0. The number of nitrogens with zero attached hydrogens (tertiary/aromatic N) is 1. The lowest BCUT2D eigenvalue weighted by Crippen LogP contribution is -2.40. The lowest BCUT2D eigenvalue weighted by Gasteiger charge is -2.29. The van der Waals surface area contributed by atoms with E-state index in [1.54, 1.807) is 0 Å². The van der Waals surface area contributed by atoms with Crippen molar-refractivity contribution >= 4 is 5.91 Å². The molecule has 130 valence electrons. The van der Waals surface area contributed by atoms with Crippen LogP contribution in [0.15, 0.2) is 34.7 Å². The van der Waals surface area contributed by atoms with Gasteiger partial charge >= 0.3 is 0 Å². The molecule has 1 amide bonds. The minimum absolute atomic E-state index is 0.0709. The van der Waals surface area contributed by atoms with Gasteiger partial charge in [0, 0.05) is 17.5 Å². The Bertz CT molecular complexity index is 652. The maximum Gasteiger partial charge on any atom is 0.226 e. The summed E-state index contributed by atoms with van der Waals surface area (Å²) in [6.07, 6.45) is 1.82. The molecule has 1 aromatic heterocycles. The lowest BCUT2D eigenvalue weighted by atomic mass is 9.83. The predicted octanol–water partition coefficient (Wildman–Crippen LogP) is 3.11. The van der Waals surface area contributed by atoms with Gasteiger partial charge in [-0.15, -0.1) is 0 Å². The van der Waals surface area contributed by atoms with Crippen molar-refractivity contribution < 1.29 is 14.3 Å². The Labute approximate surface area is 143 Å². The Morgan fingerprint density at radius 2 is 1.92 bits per heavy atom. The van der Waals surface area contributed by atoms with Gasteiger partial charge in [-0.05, 0) is 31.9 Å². The Morgan fingerprint density at radius 3 is 2.50 bits per heavy atom. The smallest absolute Gasteiger partial charge is 0.226 e. The Hall–Kier alpha value is -2.14. The first kappa shape index (κ1) is 18.2. The number of oxazole rings is 1. The fourth-order valence-corrected chi connectivity index (χ4v) is 2.58. The molecule has 5 nitrogen and oxygen atoms in total. The van der Waals surface area contributed by atoms with Crippen molar-refractivity contribution in [3.05, 3.63) is 41.8 Å². The van der Waals surface area contributed by atoms with Crippen molar-refractivity contribution in [1.29, 1.82) is 0 Å². The minimum atomic E-state index is -0.246. The highest BCUT2D eigenvalue weighted by molar-refractivity contribution is 5.78. The van der Waals surface area contributed by atoms with Gasteiger partial charge in [0.15, 0.2) is 0 Å². The SMILES string of the molecule is CCC(CC)(CO)CNC(=O)Cc1nc(-c2ccccc2)oc1C. The van der Waals surface area contributed by atoms with Gasteiger partial charge in [0.1, 0.15) is 5.76 Å². The fraction of sp³-hybridized carbons (Fsp3) is 0.474. The normalized spacial score (nSPS) is 11.5. The molecular formula is C19H26N2O3. The number of nitrogens with one attached hydrogen (secondary N) is 1. The van der Waals surface area contributed by atoms with Gasteiger partial charge < -0.3 is 14.8 Å². The van der Waals surface area contributed by atoms with Crippen LogP contribution >= 0.6 is 0 Å². The lowest BCUT2D eigenvalue weighted by molar-refractivity contribution is -0.121. The highest BCUT2D eigenvalue weighted by atomic mass is 16.4. The van der Waals surface area contributed by atoms with Gasteiger partial charge in [-0.25, -0.2) is 4.98 Å². The molecule has 1 aromatic carbocycles. The predicted molar refractivity (Wildman–Crippen MR) is 93.5 cm³/mol. The van der Waals surface area contributed by atoms with E-state index in [4.69, 9.17) is 4.42 Å². The summed E-state index contributed by atoms with van der Waals surface area (Å²) in [5.41, 5.74) is 1.29. The van der Waals surface area contributed by atoms with Gasteiger partial charge in [0.25, 0.3) is 0 Å². The number of hydrogen-bond donors (Lipinski definition) is 2. The van der Waals surface area contributed by atoms with Crippen LogP contribution in [0.3, 0.4) is 0 Å². The summed E-state index contributed by atoms with van der Waals surface area (Å²) in [6.45, 7) is 6.41. The molecule has 0 saturated carbocycles. The number of benzene rings is 1. The number of amides is 1. The van der Waals surface area contributed by atoms with Crippen LogP contribution in [-0.4, -0.2) is 29.1 Å². The summed E-state index contributed by atoms with van der Waals surface area (Å²) in [6, 6.07) is 9.62. The average Bonchev–Trinajstić information content (AvgIpc) is 2.98. The summed E-state index contributed by atoms with van der Waals surface area (Å²) < 4.78 is 5.68. The third-order valence-corrected chi connectivity index (χ3v) is 4.74. The number of carbonyl (C=O) groups is 1. The van der Waals surface area contributed by atoms with Gasteiger partial charge in [-0.2, -0.15) is 0 Å². The van der Waals surface area contributed by atoms with Gasteiger partial charge in [-0.1, -0.05) is 32.0 Å². The summed E-state index contributed by atoms with van der Waals surface area (Å²) in [5, 5.41) is 12.5. The first-order valence-corrected chi connectivity index (χ1v) is 8.43. The average molecular weight is 330 g/mol. The molecule has 2 N–H and O–H groups in total. The standard InChI is InChI=1S/C19H26N2O3/c1-4-19(5-2,13-22)12-20-17(23)11-16-14(3)24-18(21-16)15-9-7-6-8-10-15/h6-10,22H,4-5,11-13H2,1-3H3,(H,20,23). The zero-order valence-corrected chi connectivity index (χ0v) is 14.6. The van der Waals surface area contributed by atoms with Crippen LogP contribution in [0.25, 0.3) is 11.5 Å². The molecule has 2 rings (SSSR count). The van der Waals surface area contributed by atoms with E-state index < -0.39 is 0 Å². The van der Waals surface area contributed by atoms with Crippen LogP contribution in [0.1, 0.15) is 38.1 Å². The van der Waals surface area contributed by atoms with Gasteiger partial charge in [-0.3, -0.25) is 4.79 Å². The minimum Gasteiger partial charge on any atom is -0.441 e. The number of hydrogen-bond acceptors (Lipinski definition) is 4. The van der Waals surface area contributed by atoms with Crippen LogP contribution in [-0.2, 0) is 11.2 Å². The molecule has 0 atom stereocenters. The van der Waals surface area contributed by atoms with Crippen molar-refractivity contribution in [3.8, 4) is 11.5 Å². The van der Waals surface area contributed by atoms with E-state index in [2.05, 4.69) is 10.3 Å². The molecule has 0 unspecified atom stereocenters. The Kier molecular flexibility index (Phi) is 6.15. The zero-order chi connectivity index (χ0) is 17.6. The van der Waals surface area contributed by atoms with E-state index in [1.807, 2.05) is 51.1 Å². The third-order valence-electron chi connectivity index (χ3n) is 4.74. The van der Waals surface area contributed by atoms with Crippen LogP contribution in [0.2, 0.25) is 0 Å². The first-order valence-electron chi connectivity index (χ1n) is 8.43. The Balaban J connectivity index is 2.01. The Morgan fingerprint density at radius 1 is 1.25 bits per heavy atom. The van der Waals surface area contributed by atoms with Crippen molar-refractivity contribution in [1.82, 2.24) is 10.3 Å². The molecule has 0 spiro atoms. The number of aliphatic hydroxyl groups is 1. The first-order chi connectivity index (χ1) is 11.5. The molecular weight excluding hydrogens is 304 g/mol. The molecule has 0 aliphatic heterocycles. The second kappa shape index (κ2) is 8.11. The molecule has 0 bridgehead atoms. The highest BCUT2D eigenvalue weighted by Gasteiger charge is 2.26. The summed E-state index contributed by atoms with van der Waals surface area (Å²) in [4.78, 5) is 16.7. The molecule has 0 aliphatic rings. The second-order valence-corrected chi connectivity index (χ2v) is 6.21. The maximum absolute atomic E-state index is 12.2. The van der Waals surface area contributed by atoms with Crippen LogP contribution < -0.4 is 5.32 Å².